The fraction of sp³-hybridized carbons (Fsp3) is 0.533. The SMILES string of the molecule is CCCn1cc(NC(=O)Cn2ncc(N3CCCC3)cc2=O)nn1. The smallest absolute Gasteiger partial charge is 0.269 e. The van der Waals surface area contributed by atoms with E-state index in [1.165, 1.54) is 6.07 Å². The number of amides is 1. The zero-order chi connectivity index (χ0) is 16.9. The molecule has 0 bridgehead atoms. The molecule has 128 valence electrons. The van der Waals surface area contributed by atoms with Crippen LogP contribution in [0.4, 0.5) is 11.5 Å². The van der Waals surface area contributed by atoms with Crippen molar-refractivity contribution >= 4 is 17.4 Å². The van der Waals surface area contributed by atoms with Crippen LogP contribution in [0.25, 0.3) is 0 Å². The van der Waals surface area contributed by atoms with E-state index in [2.05, 4.69) is 25.6 Å². The minimum atomic E-state index is -0.359. The number of carbonyl (C=O) groups is 1. The zero-order valence-electron chi connectivity index (χ0n) is 13.7. The van der Waals surface area contributed by atoms with Crippen LogP contribution in [-0.4, -0.2) is 43.8 Å². The number of hydrogen-bond donors (Lipinski definition) is 1. The summed E-state index contributed by atoms with van der Waals surface area (Å²) in [5, 5.41) is 14.5. The molecular weight excluding hydrogens is 310 g/mol. The summed E-state index contributed by atoms with van der Waals surface area (Å²) >= 11 is 0. The van der Waals surface area contributed by atoms with Crippen LogP contribution in [0.5, 0.6) is 0 Å². The van der Waals surface area contributed by atoms with Crippen molar-refractivity contribution in [1.29, 1.82) is 0 Å². The molecule has 2 aromatic rings. The maximum absolute atomic E-state index is 12.1. The summed E-state index contributed by atoms with van der Waals surface area (Å²) < 4.78 is 2.80. The normalized spacial score (nSPS) is 14.1. The molecule has 0 unspecified atom stereocenters. The molecule has 9 heteroatoms. The lowest BCUT2D eigenvalue weighted by Gasteiger charge is -2.16. The van der Waals surface area contributed by atoms with Crippen molar-refractivity contribution in [2.75, 3.05) is 23.3 Å². The molecule has 0 aromatic carbocycles. The summed E-state index contributed by atoms with van der Waals surface area (Å²) in [6.45, 7) is 4.50. The predicted octanol–water partition coefficient (Wildman–Crippen LogP) is 0.484. The minimum Gasteiger partial charge on any atom is -0.370 e. The largest absolute Gasteiger partial charge is 0.370 e. The van der Waals surface area contributed by atoms with Crippen molar-refractivity contribution in [1.82, 2.24) is 24.8 Å². The van der Waals surface area contributed by atoms with Crippen LogP contribution < -0.4 is 15.8 Å². The van der Waals surface area contributed by atoms with Gasteiger partial charge in [-0.3, -0.25) is 14.3 Å². The van der Waals surface area contributed by atoms with Gasteiger partial charge in [0.15, 0.2) is 5.82 Å². The number of hydrogen-bond acceptors (Lipinski definition) is 6. The average molecular weight is 331 g/mol. The van der Waals surface area contributed by atoms with Gasteiger partial charge in [-0.15, -0.1) is 5.10 Å². The van der Waals surface area contributed by atoms with E-state index in [9.17, 15) is 9.59 Å². The standard InChI is InChI=1S/C15H21N7O2/c1-2-5-21-10-13(18-19-21)17-14(23)11-22-15(24)8-12(9-16-22)20-6-3-4-7-20/h8-10H,2-7,11H2,1H3,(H,17,23). The first-order valence-electron chi connectivity index (χ1n) is 8.18. The third kappa shape index (κ3) is 3.79. The summed E-state index contributed by atoms with van der Waals surface area (Å²) in [4.78, 5) is 26.3. The molecule has 0 radical (unpaired) electrons. The Hall–Kier alpha value is -2.71. The Kier molecular flexibility index (Phi) is 4.88. The van der Waals surface area contributed by atoms with Crippen LogP contribution in [-0.2, 0) is 17.9 Å². The molecule has 3 heterocycles. The molecule has 0 aliphatic carbocycles. The first-order chi connectivity index (χ1) is 11.7. The summed E-state index contributed by atoms with van der Waals surface area (Å²) in [5.41, 5.74) is 0.529. The van der Waals surface area contributed by atoms with E-state index in [4.69, 9.17) is 0 Å². The Balaban J connectivity index is 1.62. The van der Waals surface area contributed by atoms with Gasteiger partial charge in [-0.25, -0.2) is 4.68 Å². The molecule has 1 saturated heterocycles. The molecular formula is C15H21N7O2. The molecule has 1 aliphatic heterocycles. The lowest BCUT2D eigenvalue weighted by Crippen LogP contribution is -2.30. The molecule has 3 rings (SSSR count). The van der Waals surface area contributed by atoms with Crippen LogP contribution in [0.15, 0.2) is 23.3 Å². The second-order valence-electron chi connectivity index (χ2n) is 5.82. The summed E-state index contributed by atoms with van der Waals surface area (Å²) in [6, 6.07) is 1.53. The van der Waals surface area contributed by atoms with Crippen molar-refractivity contribution in [3.63, 3.8) is 0 Å². The van der Waals surface area contributed by atoms with Gasteiger partial charge in [0.25, 0.3) is 5.56 Å². The number of rotatable bonds is 6. The van der Waals surface area contributed by atoms with Gasteiger partial charge in [-0.2, -0.15) is 5.10 Å². The lowest BCUT2D eigenvalue weighted by molar-refractivity contribution is -0.117. The quantitative estimate of drug-likeness (QED) is 0.827. The number of carbonyl (C=O) groups excluding carboxylic acids is 1. The van der Waals surface area contributed by atoms with Crippen LogP contribution >= 0.6 is 0 Å². The van der Waals surface area contributed by atoms with E-state index in [1.807, 2.05) is 6.92 Å². The van der Waals surface area contributed by atoms with Crippen molar-refractivity contribution < 1.29 is 4.79 Å². The van der Waals surface area contributed by atoms with E-state index in [0.29, 0.717) is 5.82 Å². The predicted molar refractivity (Wildman–Crippen MR) is 88.9 cm³/mol. The van der Waals surface area contributed by atoms with Gasteiger partial charge >= 0.3 is 0 Å². The first-order valence-corrected chi connectivity index (χ1v) is 8.18. The van der Waals surface area contributed by atoms with Crippen molar-refractivity contribution in [3.8, 4) is 0 Å². The van der Waals surface area contributed by atoms with E-state index in [-0.39, 0.29) is 18.0 Å². The molecule has 24 heavy (non-hydrogen) atoms. The van der Waals surface area contributed by atoms with Crippen LogP contribution in [0.2, 0.25) is 0 Å². The van der Waals surface area contributed by atoms with E-state index in [1.54, 1.807) is 17.1 Å². The van der Waals surface area contributed by atoms with Crippen LogP contribution in [0.3, 0.4) is 0 Å². The van der Waals surface area contributed by atoms with E-state index >= 15 is 0 Å². The Morgan fingerprint density at radius 2 is 2.12 bits per heavy atom. The van der Waals surface area contributed by atoms with Gasteiger partial charge in [-0.1, -0.05) is 12.1 Å². The summed E-state index contributed by atoms with van der Waals surface area (Å²) in [6.07, 6.45) is 6.49. The maximum Gasteiger partial charge on any atom is 0.269 e. The molecule has 1 aliphatic rings. The fourth-order valence-electron chi connectivity index (χ4n) is 2.70. The van der Waals surface area contributed by atoms with Crippen molar-refractivity contribution in [3.05, 3.63) is 28.8 Å². The van der Waals surface area contributed by atoms with Gasteiger partial charge in [-0.05, 0) is 19.3 Å². The highest BCUT2D eigenvalue weighted by molar-refractivity contribution is 5.89. The van der Waals surface area contributed by atoms with Crippen LogP contribution in [0.1, 0.15) is 26.2 Å². The number of nitrogens with one attached hydrogen (secondary N) is 1. The molecule has 9 nitrogen and oxygen atoms in total. The van der Waals surface area contributed by atoms with Gasteiger partial charge in [0.1, 0.15) is 6.54 Å². The third-order valence-electron chi connectivity index (χ3n) is 3.88. The second kappa shape index (κ2) is 7.24. The Morgan fingerprint density at radius 1 is 1.33 bits per heavy atom. The lowest BCUT2D eigenvalue weighted by atomic mass is 10.4. The maximum atomic E-state index is 12.1. The average Bonchev–Trinajstić information content (AvgIpc) is 3.22. The van der Waals surface area contributed by atoms with Crippen molar-refractivity contribution in [2.24, 2.45) is 0 Å². The first kappa shape index (κ1) is 16.2. The molecule has 1 amide bonds. The molecule has 1 fully saturated rings. The highest BCUT2D eigenvalue weighted by atomic mass is 16.2. The fourth-order valence-corrected chi connectivity index (χ4v) is 2.70. The third-order valence-corrected chi connectivity index (χ3v) is 3.88. The topological polar surface area (TPSA) is 97.9 Å². The minimum absolute atomic E-state index is 0.153. The van der Waals surface area contributed by atoms with E-state index < -0.39 is 0 Å². The molecule has 0 atom stereocenters. The Morgan fingerprint density at radius 3 is 2.83 bits per heavy atom. The molecule has 1 N–H and O–H groups in total. The highest BCUT2D eigenvalue weighted by Gasteiger charge is 2.14. The van der Waals surface area contributed by atoms with Gasteiger partial charge in [0.2, 0.25) is 5.91 Å². The van der Waals surface area contributed by atoms with E-state index in [0.717, 1.165) is 49.3 Å². The monoisotopic (exact) mass is 331 g/mol. The number of aromatic nitrogens is 5. The number of nitrogens with zero attached hydrogens (tertiary/aromatic N) is 6. The molecule has 0 saturated carbocycles. The number of aryl methyl sites for hydroxylation is 1. The molecule has 0 spiro atoms. The Bertz CT molecular complexity index is 761. The molecule has 2 aromatic heterocycles. The van der Waals surface area contributed by atoms with Crippen LogP contribution in [0, 0.1) is 0 Å². The highest BCUT2D eigenvalue weighted by Crippen LogP contribution is 2.16. The summed E-state index contributed by atoms with van der Waals surface area (Å²) in [5.74, 6) is 0.0113. The Labute approximate surface area is 139 Å². The summed E-state index contributed by atoms with van der Waals surface area (Å²) in [7, 11) is 0. The van der Waals surface area contributed by atoms with Gasteiger partial charge in [0.05, 0.1) is 18.1 Å². The van der Waals surface area contributed by atoms with Crippen molar-refractivity contribution in [2.45, 2.75) is 39.3 Å². The zero-order valence-corrected chi connectivity index (χ0v) is 13.7. The van der Waals surface area contributed by atoms with Gasteiger partial charge < -0.3 is 10.2 Å². The second-order valence-corrected chi connectivity index (χ2v) is 5.82. The number of anilines is 2. The van der Waals surface area contributed by atoms with Gasteiger partial charge in [0, 0.05) is 25.7 Å².